The predicted molar refractivity (Wildman–Crippen MR) is 70.0 cm³/mol. The third-order valence-corrected chi connectivity index (χ3v) is 3.47. The maximum Gasteiger partial charge on any atom is 0.332 e. The first-order valence-corrected chi connectivity index (χ1v) is 6.88. The number of carboxylic acids is 1. The van der Waals surface area contributed by atoms with E-state index in [1.54, 1.807) is 0 Å². The summed E-state index contributed by atoms with van der Waals surface area (Å²) in [6.45, 7) is -1.27. The lowest BCUT2D eigenvalue weighted by Crippen LogP contribution is -2.59. The molecule has 1 rings (SSSR count). The molecule has 0 radical (unpaired) electrons. The average molecular weight is 342 g/mol. The molecule has 8 N–H and O–H groups in total. The van der Waals surface area contributed by atoms with Gasteiger partial charge in [-0.05, 0) is 0 Å². The van der Waals surface area contributed by atoms with E-state index in [1.807, 2.05) is 0 Å². The molecule has 1 fully saturated rings. The lowest BCUT2D eigenvalue weighted by atomic mass is 9.99. The van der Waals surface area contributed by atoms with Crippen LogP contribution >= 0.6 is 0 Å². The van der Waals surface area contributed by atoms with Crippen molar-refractivity contribution in [3.63, 3.8) is 0 Å². The molecule has 0 aromatic heterocycles. The van der Waals surface area contributed by atoms with Crippen LogP contribution in [0.15, 0.2) is 0 Å². The Kier molecular flexibility index (Phi) is 7.73. The molecule has 0 amide bonds. The Hall–Kier alpha value is -0.890. The topological polar surface area (TPSA) is 197 Å². The summed E-state index contributed by atoms with van der Waals surface area (Å²) in [4.78, 5) is 10.4. The lowest BCUT2D eigenvalue weighted by molar-refractivity contribution is -0.306. The Morgan fingerprint density at radius 1 is 1.04 bits per heavy atom. The second-order valence-electron chi connectivity index (χ2n) is 5.26. The van der Waals surface area contributed by atoms with Gasteiger partial charge in [0.1, 0.15) is 30.5 Å². The summed E-state index contributed by atoms with van der Waals surface area (Å²) >= 11 is 0. The van der Waals surface area contributed by atoms with Gasteiger partial charge in [0, 0.05) is 6.42 Å². The predicted octanol–water partition coefficient (Wildman–Crippen LogP) is -4.64. The molecular weight excluding hydrogens is 320 g/mol. The van der Waals surface area contributed by atoms with Crippen molar-refractivity contribution in [2.75, 3.05) is 13.2 Å². The molecule has 0 unspecified atom stereocenters. The number of aliphatic hydroxyl groups is 7. The Morgan fingerprint density at radius 2 is 1.65 bits per heavy atom. The van der Waals surface area contributed by atoms with E-state index < -0.39 is 74.6 Å². The molecule has 8 atom stereocenters. The highest BCUT2D eigenvalue weighted by Gasteiger charge is 2.44. The van der Waals surface area contributed by atoms with Crippen LogP contribution in [0.2, 0.25) is 0 Å². The molecule has 0 bridgehead atoms. The molecule has 0 aromatic carbocycles. The van der Waals surface area contributed by atoms with E-state index in [2.05, 4.69) is 0 Å². The fraction of sp³-hybridized carbons (Fsp3) is 0.917. The van der Waals surface area contributed by atoms with Crippen molar-refractivity contribution >= 4 is 5.97 Å². The van der Waals surface area contributed by atoms with Crippen LogP contribution in [0, 0.1) is 0 Å². The van der Waals surface area contributed by atoms with Crippen LogP contribution in [0.1, 0.15) is 6.42 Å². The van der Waals surface area contributed by atoms with Crippen molar-refractivity contribution in [3.05, 3.63) is 0 Å². The van der Waals surface area contributed by atoms with Crippen LogP contribution in [-0.4, -0.2) is 109 Å². The number of aliphatic carboxylic acids is 1. The minimum absolute atomic E-state index is 0.615. The van der Waals surface area contributed by atoms with Crippen LogP contribution in [0.4, 0.5) is 0 Å². The van der Waals surface area contributed by atoms with Crippen LogP contribution in [-0.2, 0) is 14.3 Å². The summed E-state index contributed by atoms with van der Waals surface area (Å²) in [7, 11) is 0. The van der Waals surface area contributed by atoms with E-state index in [-0.39, 0.29) is 0 Å². The molecule has 1 heterocycles. The van der Waals surface area contributed by atoms with E-state index in [9.17, 15) is 30.3 Å². The van der Waals surface area contributed by atoms with E-state index in [4.69, 9.17) is 24.8 Å². The molecular formula is C12H22O11. The van der Waals surface area contributed by atoms with Gasteiger partial charge in [-0.1, -0.05) is 0 Å². The molecule has 0 aromatic rings. The standard InChI is InChI=1S/C12H22O11/c13-2-7-8(17)9(18)10(19)12(23-7)22-3-6(16)4(14)1-5(15)11(20)21/h4-10,12-19H,1-3H2,(H,20,21)/t4-,5+,6+,7+,8-,9-,10+,12-/m0/s1. The smallest absolute Gasteiger partial charge is 0.332 e. The summed E-state index contributed by atoms with van der Waals surface area (Å²) in [6, 6.07) is 0. The highest BCUT2D eigenvalue weighted by Crippen LogP contribution is 2.22. The molecule has 136 valence electrons. The largest absolute Gasteiger partial charge is 0.479 e. The van der Waals surface area contributed by atoms with Gasteiger partial charge in [0.15, 0.2) is 12.4 Å². The summed E-state index contributed by atoms with van der Waals surface area (Å²) in [5.41, 5.74) is 0. The number of aliphatic hydroxyl groups excluding tert-OH is 7. The lowest BCUT2D eigenvalue weighted by Gasteiger charge is -2.39. The first-order valence-electron chi connectivity index (χ1n) is 6.88. The molecule has 1 aliphatic rings. The van der Waals surface area contributed by atoms with Crippen LogP contribution in [0.5, 0.6) is 0 Å². The number of hydrogen-bond donors (Lipinski definition) is 8. The molecule has 0 saturated carbocycles. The van der Waals surface area contributed by atoms with Crippen LogP contribution in [0.25, 0.3) is 0 Å². The summed E-state index contributed by atoms with van der Waals surface area (Å²) in [6.07, 6.45) is -13.3. The van der Waals surface area contributed by atoms with Crippen molar-refractivity contribution in [2.24, 2.45) is 0 Å². The second kappa shape index (κ2) is 8.82. The minimum atomic E-state index is -1.87. The van der Waals surface area contributed by atoms with E-state index in [0.717, 1.165) is 0 Å². The molecule has 0 aliphatic carbocycles. The van der Waals surface area contributed by atoms with Gasteiger partial charge in [0.2, 0.25) is 0 Å². The highest BCUT2D eigenvalue weighted by atomic mass is 16.7. The number of ether oxygens (including phenoxy) is 2. The van der Waals surface area contributed by atoms with Crippen molar-refractivity contribution < 1.29 is 55.1 Å². The number of carbonyl (C=O) groups is 1. The van der Waals surface area contributed by atoms with E-state index >= 15 is 0 Å². The summed E-state index contributed by atoms with van der Waals surface area (Å²) < 4.78 is 9.99. The maximum atomic E-state index is 10.4. The van der Waals surface area contributed by atoms with Crippen LogP contribution in [0.3, 0.4) is 0 Å². The molecule has 11 heteroatoms. The molecule has 23 heavy (non-hydrogen) atoms. The SMILES string of the molecule is O=C(O)[C@H](O)C[C@H](O)[C@H](O)CO[C@H]1O[C@H](CO)[C@H](O)[C@H](O)[C@H]1O. The van der Waals surface area contributed by atoms with Gasteiger partial charge in [-0.15, -0.1) is 0 Å². The normalized spacial score (nSPS) is 35.5. The Morgan fingerprint density at radius 3 is 2.17 bits per heavy atom. The van der Waals surface area contributed by atoms with Crippen LogP contribution < -0.4 is 0 Å². The van der Waals surface area contributed by atoms with E-state index in [1.165, 1.54) is 0 Å². The van der Waals surface area contributed by atoms with Crippen molar-refractivity contribution in [2.45, 2.75) is 55.4 Å². The van der Waals surface area contributed by atoms with Gasteiger partial charge in [-0.3, -0.25) is 0 Å². The summed E-state index contributed by atoms with van der Waals surface area (Å²) in [5.74, 6) is -1.56. The molecule has 1 saturated heterocycles. The average Bonchev–Trinajstić information content (AvgIpc) is 2.51. The van der Waals surface area contributed by atoms with Gasteiger partial charge < -0.3 is 50.3 Å². The molecule has 11 nitrogen and oxygen atoms in total. The highest BCUT2D eigenvalue weighted by molar-refractivity contribution is 5.71. The van der Waals surface area contributed by atoms with Crippen molar-refractivity contribution in [3.8, 4) is 0 Å². The van der Waals surface area contributed by atoms with Crippen molar-refractivity contribution in [1.29, 1.82) is 0 Å². The molecule has 0 spiro atoms. The Labute approximate surface area is 130 Å². The zero-order valence-corrected chi connectivity index (χ0v) is 12.0. The Balaban J connectivity index is 2.51. The number of carboxylic acid groups (broad SMARTS) is 1. The summed E-state index contributed by atoms with van der Waals surface area (Å²) in [5, 5.41) is 74.5. The maximum absolute atomic E-state index is 10.4. The fourth-order valence-electron chi connectivity index (χ4n) is 2.00. The number of rotatable bonds is 8. The van der Waals surface area contributed by atoms with Gasteiger partial charge >= 0.3 is 5.97 Å². The van der Waals surface area contributed by atoms with Gasteiger partial charge in [-0.25, -0.2) is 4.79 Å². The van der Waals surface area contributed by atoms with Crippen molar-refractivity contribution in [1.82, 2.24) is 0 Å². The van der Waals surface area contributed by atoms with Gasteiger partial charge in [0.05, 0.1) is 19.3 Å². The van der Waals surface area contributed by atoms with E-state index in [0.29, 0.717) is 0 Å². The zero-order chi connectivity index (χ0) is 17.7. The van der Waals surface area contributed by atoms with Gasteiger partial charge in [-0.2, -0.15) is 0 Å². The Bertz CT molecular complexity index is 376. The monoisotopic (exact) mass is 342 g/mol. The first kappa shape index (κ1) is 20.2. The second-order valence-corrected chi connectivity index (χ2v) is 5.26. The quantitative estimate of drug-likeness (QED) is 0.211. The number of hydrogen-bond acceptors (Lipinski definition) is 10. The van der Waals surface area contributed by atoms with Gasteiger partial charge in [0.25, 0.3) is 0 Å². The zero-order valence-electron chi connectivity index (χ0n) is 12.0. The third kappa shape index (κ3) is 5.31. The third-order valence-electron chi connectivity index (χ3n) is 3.47. The first-order chi connectivity index (χ1) is 10.7. The fourth-order valence-corrected chi connectivity index (χ4v) is 2.00. The molecule has 1 aliphatic heterocycles. The minimum Gasteiger partial charge on any atom is -0.479 e.